The summed E-state index contributed by atoms with van der Waals surface area (Å²) in [7, 11) is 2.15. The summed E-state index contributed by atoms with van der Waals surface area (Å²) >= 11 is 0. The first kappa shape index (κ1) is 11.4. The van der Waals surface area contributed by atoms with Crippen LogP contribution in [0, 0.1) is 0 Å². The zero-order chi connectivity index (χ0) is 10.8. The van der Waals surface area contributed by atoms with Gasteiger partial charge in [-0.2, -0.15) is 0 Å². The quantitative estimate of drug-likeness (QED) is 0.752. The number of hydrogen-bond donors (Lipinski definition) is 1. The van der Waals surface area contributed by atoms with Gasteiger partial charge in [0.15, 0.2) is 0 Å². The average molecular weight is 213 g/mol. The zero-order valence-corrected chi connectivity index (χ0v) is 9.85. The lowest BCUT2D eigenvalue weighted by Crippen LogP contribution is -2.50. The molecule has 1 saturated heterocycles. The summed E-state index contributed by atoms with van der Waals surface area (Å²) in [4.78, 5) is 2.36. The highest BCUT2D eigenvalue weighted by atomic mass is 16.5. The number of rotatable bonds is 2. The molecule has 0 aromatic heterocycles. The lowest BCUT2D eigenvalue weighted by Gasteiger charge is -2.39. The Hall–Kier alpha value is -0.120. The molecule has 0 radical (unpaired) electrons. The summed E-state index contributed by atoms with van der Waals surface area (Å²) in [6.45, 7) is 3.02. The Morgan fingerprint density at radius 2 is 1.87 bits per heavy atom. The minimum atomic E-state index is -0.128. The Morgan fingerprint density at radius 1 is 1.13 bits per heavy atom. The van der Waals surface area contributed by atoms with Crippen molar-refractivity contribution in [2.75, 3.05) is 13.7 Å². The van der Waals surface area contributed by atoms with Crippen LogP contribution in [0.5, 0.6) is 0 Å². The van der Waals surface area contributed by atoms with Crippen LogP contribution in [-0.2, 0) is 4.74 Å². The molecule has 0 aromatic rings. The second kappa shape index (κ2) is 4.81. The van der Waals surface area contributed by atoms with Gasteiger partial charge in [-0.05, 0) is 33.2 Å². The van der Waals surface area contributed by atoms with Gasteiger partial charge < -0.3 is 9.84 Å². The van der Waals surface area contributed by atoms with E-state index in [0.29, 0.717) is 18.2 Å². The third-order valence-corrected chi connectivity index (χ3v) is 4.08. The molecule has 2 rings (SSSR count). The number of hydrogen-bond acceptors (Lipinski definition) is 3. The van der Waals surface area contributed by atoms with E-state index < -0.39 is 0 Å². The molecule has 1 aliphatic heterocycles. The summed E-state index contributed by atoms with van der Waals surface area (Å²) in [6.07, 6.45) is 5.86. The maximum absolute atomic E-state index is 10.0. The van der Waals surface area contributed by atoms with Crippen LogP contribution in [0.3, 0.4) is 0 Å². The molecule has 88 valence electrons. The van der Waals surface area contributed by atoms with Crippen LogP contribution >= 0.6 is 0 Å². The summed E-state index contributed by atoms with van der Waals surface area (Å²) in [6, 6.07) is 0.857. The highest BCUT2D eigenvalue weighted by Gasteiger charge is 2.35. The lowest BCUT2D eigenvalue weighted by molar-refractivity contribution is -0.00482. The normalized spacial score (nSPS) is 42.4. The van der Waals surface area contributed by atoms with E-state index in [1.54, 1.807) is 0 Å². The molecule has 0 amide bonds. The van der Waals surface area contributed by atoms with Crippen LogP contribution in [0.4, 0.5) is 0 Å². The summed E-state index contributed by atoms with van der Waals surface area (Å²) in [5, 5.41) is 10.0. The third-order valence-electron chi connectivity index (χ3n) is 4.08. The molecule has 1 saturated carbocycles. The zero-order valence-electron chi connectivity index (χ0n) is 9.85. The van der Waals surface area contributed by atoms with E-state index in [1.165, 1.54) is 12.8 Å². The number of aliphatic hydroxyl groups excluding tert-OH is 1. The number of aliphatic hydroxyl groups is 1. The van der Waals surface area contributed by atoms with Gasteiger partial charge in [0.05, 0.1) is 12.2 Å². The molecule has 2 unspecified atom stereocenters. The Morgan fingerprint density at radius 3 is 2.47 bits per heavy atom. The molecule has 1 aliphatic carbocycles. The summed E-state index contributed by atoms with van der Waals surface area (Å²) in [5.74, 6) is 0. The van der Waals surface area contributed by atoms with Crippen molar-refractivity contribution < 1.29 is 9.84 Å². The summed E-state index contributed by atoms with van der Waals surface area (Å²) in [5.41, 5.74) is 0. The molecule has 2 aliphatic rings. The molecular weight excluding hydrogens is 190 g/mol. The van der Waals surface area contributed by atoms with Crippen molar-refractivity contribution in [2.45, 2.75) is 63.3 Å². The Kier molecular flexibility index (Phi) is 3.65. The van der Waals surface area contributed by atoms with Crippen LogP contribution in [0.15, 0.2) is 0 Å². The second-order valence-corrected chi connectivity index (χ2v) is 5.02. The van der Waals surface area contributed by atoms with Crippen LogP contribution in [-0.4, -0.2) is 48.0 Å². The van der Waals surface area contributed by atoms with E-state index in [-0.39, 0.29) is 6.10 Å². The van der Waals surface area contributed by atoms with Crippen molar-refractivity contribution in [3.8, 4) is 0 Å². The SMILES string of the molecule is CC1OCCC1N(C)[C@H]1CCCC[C@@H]1O. The van der Waals surface area contributed by atoms with Crippen molar-refractivity contribution >= 4 is 0 Å². The van der Waals surface area contributed by atoms with Gasteiger partial charge in [-0.3, -0.25) is 4.90 Å². The van der Waals surface area contributed by atoms with E-state index in [9.17, 15) is 5.11 Å². The Balaban J connectivity index is 1.96. The predicted octanol–water partition coefficient (Wildman–Crippen LogP) is 1.40. The fourth-order valence-electron chi connectivity index (χ4n) is 3.07. The molecule has 1 heterocycles. The van der Waals surface area contributed by atoms with Gasteiger partial charge in [0, 0.05) is 18.7 Å². The van der Waals surface area contributed by atoms with E-state index in [0.717, 1.165) is 25.9 Å². The smallest absolute Gasteiger partial charge is 0.0703 e. The Bertz CT molecular complexity index is 210. The minimum Gasteiger partial charge on any atom is -0.391 e. The van der Waals surface area contributed by atoms with E-state index >= 15 is 0 Å². The van der Waals surface area contributed by atoms with Gasteiger partial charge in [0.2, 0.25) is 0 Å². The van der Waals surface area contributed by atoms with Gasteiger partial charge in [-0.1, -0.05) is 12.8 Å². The second-order valence-electron chi connectivity index (χ2n) is 5.02. The van der Waals surface area contributed by atoms with Crippen molar-refractivity contribution in [2.24, 2.45) is 0 Å². The van der Waals surface area contributed by atoms with E-state index in [2.05, 4.69) is 18.9 Å². The van der Waals surface area contributed by atoms with Crippen molar-refractivity contribution in [3.05, 3.63) is 0 Å². The largest absolute Gasteiger partial charge is 0.391 e. The predicted molar refractivity (Wildman–Crippen MR) is 59.8 cm³/mol. The number of likely N-dealkylation sites (N-methyl/N-ethyl adjacent to an activating group) is 1. The molecule has 15 heavy (non-hydrogen) atoms. The molecule has 3 nitrogen and oxygen atoms in total. The fourth-order valence-corrected chi connectivity index (χ4v) is 3.07. The molecule has 3 heteroatoms. The van der Waals surface area contributed by atoms with Crippen molar-refractivity contribution in [1.82, 2.24) is 4.90 Å². The van der Waals surface area contributed by atoms with E-state index in [4.69, 9.17) is 4.74 Å². The van der Waals surface area contributed by atoms with Gasteiger partial charge in [-0.25, -0.2) is 0 Å². The van der Waals surface area contributed by atoms with Crippen molar-refractivity contribution in [1.29, 1.82) is 0 Å². The average Bonchev–Trinajstić information content (AvgIpc) is 2.64. The van der Waals surface area contributed by atoms with Crippen LogP contribution in [0.2, 0.25) is 0 Å². The van der Waals surface area contributed by atoms with Crippen LogP contribution in [0.25, 0.3) is 0 Å². The number of nitrogens with zero attached hydrogens (tertiary/aromatic N) is 1. The van der Waals surface area contributed by atoms with Crippen LogP contribution in [0.1, 0.15) is 39.0 Å². The maximum Gasteiger partial charge on any atom is 0.0703 e. The standard InChI is InChI=1S/C12H23NO2/c1-9-10(7-8-15-9)13(2)11-5-3-4-6-12(11)14/h9-12,14H,3-8H2,1-2H3/t9?,10?,11-,12-/m0/s1. The molecular formula is C12H23NO2. The molecule has 0 bridgehead atoms. The molecule has 0 spiro atoms. The lowest BCUT2D eigenvalue weighted by atomic mass is 9.90. The molecule has 1 N–H and O–H groups in total. The Labute approximate surface area is 92.4 Å². The topological polar surface area (TPSA) is 32.7 Å². The first-order chi connectivity index (χ1) is 7.20. The van der Waals surface area contributed by atoms with Gasteiger partial charge in [-0.15, -0.1) is 0 Å². The van der Waals surface area contributed by atoms with Crippen molar-refractivity contribution in [3.63, 3.8) is 0 Å². The number of ether oxygens (including phenoxy) is 1. The third kappa shape index (κ3) is 2.35. The highest BCUT2D eigenvalue weighted by molar-refractivity contribution is 4.89. The summed E-state index contributed by atoms with van der Waals surface area (Å²) < 4.78 is 5.59. The van der Waals surface area contributed by atoms with Crippen LogP contribution < -0.4 is 0 Å². The first-order valence-electron chi connectivity index (χ1n) is 6.21. The monoisotopic (exact) mass is 213 g/mol. The molecule has 0 aromatic carbocycles. The fraction of sp³-hybridized carbons (Fsp3) is 1.00. The minimum absolute atomic E-state index is 0.128. The first-order valence-corrected chi connectivity index (χ1v) is 6.21. The van der Waals surface area contributed by atoms with E-state index in [1.807, 2.05) is 0 Å². The van der Waals surface area contributed by atoms with Gasteiger partial charge >= 0.3 is 0 Å². The van der Waals surface area contributed by atoms with Gasteiger partial charge in [0.1, 0.15) is 0 Å². The highest BCUT2D eigenvalue weighted by Crippen LogP contribution is 2.27. The molecule has 2 fully saturated rings. The molecule has 4 atom stereocenters. The maximum atomic E-state index is 10.0. The van der Waals surface area contributed by atoms with Gasteiger partial charge in [0.25, 0.3) is 0 Å².